The Morgan fingerprint density at radius 2 is 1.87 bits per heavy atom. The van der Waals surface area contributed by atoms with Crippen LogP contribution in [0.2, 0.25) is 10.0 Å². The summed E-state index contributed by atoms with van der Waals surface area (Å²) >= 11 is 18.7. The summed E-state index contributed by atoms with van der Waals surface area (Å²) in [6.45, 7) is 4.12. The van der Waals surface area contributed by atoms with E-state index in [-0.39, 0.29) is 24.6 Å². The first-order valence-electron chi connectivity index (χ1n) is 12.3. The minimum absolute atomic E-state index is 0.0109. The van der Waals surface area contributed by atoms with Crippen LogP contribution in [-0.4, -0.2) is 34.3 Å². The van der Waals surface area contributed by atoms with E-state index in [1.807, 2.05) is 54.6 Å². The van der Waals surface area contributed by atoms with Crippen LogP contribution in [0.4, 0.5) is 11.4 Å². The van der Waals surface area contributed by atoms with E-state index in [1.54, 1.807) is 12.3 Å². The summed E-state index contributed by atoms with van der Waals surface area (Å²) < 4.78 is 7.05. The average molecular weight is 581 g/mol. The molecular weight excluding hydrogens is 553 g/mol. The Hall–Kier alpha value is -3.43. The van der Waals surface area contributed by atoms with Gasteiger partial charge in [-0.3, -0.25) is 9.78 Å². The summed E-state index contributed by atoms with van der Waals surface area (Å²) in [5, 5.41) is 8.07. The lowest BCUT2D eigenvalue weighted by Gasteiger charge is -2.28. The van der Waals surface area contributed by atoms with Gasteiger partial charge in [0, 0.05) is 41.1 Å². The molecule has 3 heterocycles. The maximum Gasteiger partial charge on any atom is 0.250 e. The number of hydrogen-bond acceptors (Lipinski definition) is 4. The first-order valence-corrected chi connectivity index (χ1v) is 13.5. The third-order valence-corrected chi connectivity index (χ3v) is 7.59. The van der Waals surface area contributed by atoms with Crippen molar-refractivity contribution in [1.29, 1.82) is 0 Å². The number of methoxy groups -OCH3 is 1. The second-order valence-corrected chi connectivity index (χ2v) is 10.5. The van der Waals surface area contributed by atoms with Crippen molar-refractivity contribution in [2.45, 2.75) is 25.9 Å². The SMILES string of the molecule is COCC(=O)Nc1ccc(N2C(=S)N[C@H](c3ccccn3)[C@H]2c2cc(C)n(-c3ccc(Cl)cc3Cl)c2C)cc1. The molecule has 1 aliphatic heterocycles. The van der Waals surface area contributed by atoms with Gasteiger partial charge >= 0.3 is 0 Å². The number of rotatable bonds is 7. The molecule has 5 rings (SSSR count). The lowest BCUT2D eigenvalue weighted by molar-refractivity contribution is -0.119. The smallest absolute Gasteiger partial charge is 0.250 e. The van der Waals surface area contributed by atoms with Gasteiger partial charge in [0.15, 0.2) is 5.11 Å². The number of thiocarbonyl (C=S) groups is 1. The zero-order valence-electron chi connectivity index (χ0n) is 21.6. The van der Waals surface area contributed by atoms with E-state index >= 15 is 0 Å². The van der Waals surface area contributed by atoms with Crippen LogP contribution >= 0.6 is 35.4 Å². The summed E-state index contributed by atoms with van der Waals surface area (Å²) in [5.41, 5.74) is 6.43. The first kappa shape index (κ1) is 27.1. The largest absolute Gasteiger partial charge is 0.375 e. The second kappa shape index (κ2) is 11.4. The first-order chi connectivity index (χ1) is 18.8. The molecule has 4 aromatic rings. The van der Waals surface area contributed by atoms with Gasteiger partial charge in [-0.15, -0.1) is 0 Å². The number of carbonyl (C=O) groups excluding carboxylic acids is 1. The van der Waals surface area contributed by atoms with Crippen LogP contribution in [0.3, 0.4) is 0 Å². The van der Waals surface area contributed by atoms with Crippen LogP contribution in [0.1, 0.15) is 34.7 Å². The molecular formula is C29H27Cl2N5O2S. The van der Waals surface area contributed by atoms with E-state index in [4.69, 9.17) is 40.2 Å². The highest BCUT2D eigenvalue weighted by atomic mass is 35.5. The Bertz CT molecular complexity index is 1520. The minimum atomic E-state index is -0.218. The second-order valence-electron chi connectivity index (χ2n) is 9.28. The van der Waals surface area contributed by atoms with Crippen LogP contribution in [0.25, 0.3) is 5.69 Å². The molecule has 0 unspecified atom stereocenters. The summed E-state index contributed by atoms with van der Waals surface area (Å²) in [6, 6.07) is 20.7. The average Bonchev–Trinajstić information content (AvgIpc) is 3.40. The Morgan fingerprint density at radius 1 is 1.10 bits per heavy atom. The number of hydrogen-bond donors (Lipinski definition) is 2. The van der Waals surface area contributed by atoms with Crippen molar-refractivity contribution in [3.63, 3.8) is 0 Å². The van der Waals surface area contributed by atoms with E-state index in [0.29, 0.717) is 20.8 Å². The quantitative estimate of drug-likeness (QED) is 0.242. The van der Waals surface area contributed by atoms with Crippen molar-refractivity contribution >= 4 is 57.8 Å². The van der Waals surface area contributed by atoms with E-state index in [2.05, 4.69) is 45.0 Å². The maximum absolute atomic E-state index is 12.0. The summed E-state index contributed by atoms with van der Waals surface area (Å²) in [6.07, 6.45) is 1.79. The van der Waals surface area contributed by atoms with E-state index < -0.39 is 0 Å². The Morgan fingerprint density at radius 3 is 2.54 bits per heavy atom. The lowest BCUT2D eigenvalue weighted by Crippen LogP contribution is -2.29. The number of pyridine rings is 1. The van der Waals surface area contributed by atoms with Crippen molar-refractivity contribution in [1.82, 2.24) is 14.9 Å². The predicted octanol–water partition coefficient (Wildman–Crippen LogP) is 6.56. The number of anilines is 2. The molecule has 7 nitrogen and oxygen atoms in total. The molecule has 1 aliphatic rings. The third kappa shape index (κ3) is 5.38. The van der Waals surface area contributed by atoms with Crippen molar-refractivity contribution in [2.75, 3.05) is 23.9 Å². The number of nitrogens with one attached hydrogen (secondary N) is 2. The topological polar surface area (TPSA) is 71.4 Å². The fourth-order valence-corrected chi connectivity index (χ4v) is 5.94. The normalized spacial score (nSPS) is 16.8. The molecule has 1 amide bonds. The fourth-order valence-electron chi connectivity index (χ4n) is 5.10. The van der Waals surface area contributed by atoms with Crippen molar-refractivity contribution in [3.8, 4) is 5.69 Å². The van der Waals surface area contributed by atoms with Crippen LogP contribution in [-0.2, 0) is 9.53 Å². The maximum atomic E-state index is 12.0. The highest BCUT2D eigenvalue weighted by Gasteiger charge is 2.42. The van der Waals surface area contributed by atoms with Gasteiger partial charge in [-0.2, -0.15) is 0 Å². The molecule has 200 valence electrons. The molecule has 10 heteroatoms. The minimum Gasteiger partial charge on any atom is -0.375 e. The molecule has 2 N–H and O–H groups in total. The summed E-state index contributed by atoms with van der Waals surface area (Å²) in [5.74, 6) is -0.218. The molecule has 0 saturated carbocycles. The highest BCUT2D eigenvalue weighted by molar-refractivity contribution is 7.80. The van der Waals surface area contributed by atoms with E-state index in [9.17, 15) is 4.79 Å². The van der Waals surface area contributed by atoms with Crippen LogP contribution in [0, 0.1) is 13.8 Å². The van der Waals surface area contributed by atoms with Gasteiger partial charge in [0.25, 0.3) is 0 Å². The van der Waals surface area contributed by atoms with Crippen molar-refractivity contribution < 1.29 is 9.53 Å². The molecule has 2 atom stereocenters. The zero-order chi connectivity index (χ0) is 27.7. The molecule has 0 aliphatic carbocycles. The van der Waals surface area contributed by atoms with Crippen LogP contribution < -0.4 is 15.5 Å². The third-order valence-electron chi connectivity index (χ3n) is 6.74. The number of aryl methyl sites for hydroxylation is 1. The van der Waals surface area contributed by atoms with Gasteiger partial charge in [-0.25, -0.2) is 0 Å². The standard InChI is InChI=1S/C29H27Cl2N5O2S/c1-17-14-22(18(2)35(17)25-12-7-19(30)15-23(25)31)28-27(24-6-4-5-13-32-24)34-29(39)36(28)21-10-8-20(9-11-21)33-26(37)16-38-3/h4-15,27-28H,16H2,1-3H3,(H,33,37)(H,34,39)/t27-,28-/m1/s1. The number of amides is 1. The van der Waals surface area contributed by atoms with Crippen LogP contribution in [0.5, 0.6) is 0 Å². The van der Waals surface area contributed by atoms with Crippen molar-refractivity contribution in [2.24, 2.45) is 0 Å². The molecule has 0 spiro atoms. The summed E-state index contributed by atoms with van der Waals surface area (Å²) in [7, 11) is 1.49. The Balaban J connectivity index is 1.59. The van der Waals surface area contributed by atoms with Gasteiger partial charge in [0.05, 0.1) is 28.5 Å². The molecule has 0 radical (unpaired) electrons. The number of halogens is 2. The van der Waals surface area contributed by atoms with Gasteiger partial charge in [0.2, 0.25) is 5.91 Å². The number of benzene rings is 2. The Labute approximate surface area is 242 Å². The molecule has 1 saturated heterocycles. The molecule has 39 heavy (non-hydrogen) atoms. The van der Waals surface area contributed by atoms with Crippen LogP contribution in [0.15, 0.2) is 72.9 Å². The lowest BCUT2D eigenvalue weighted by atomic mass is 9.96. The number of aromatic nitrogens is 2. The number of ether oxygens (including phenoxy) is 1. The van der Waals surface area contributed by atoms with Gasteiger partial charge in [0.1, 0.15) is 6.61 Å². The van der Waals surface area contributed by atoms with E-state index in [0.717, 1.165) is 34.0 Å². The molecule has 2 aromatic carbocycles. The number of nitrogens with zero attached hydrogens (tertiary/aromatic N) is 3. The highest BCUT2D eigenvalue weighted by Crippen LogP contribution is 2.44. The fraction of sp³-hybridized carbons (Fsp3) is 0.207. The molecule has 1 fully saturated rings. The molecule has 2 aromatic heterocycles. The molecule has 0 bridgehead atoms. The monoisotopic (exact) mass is 579 g/mol. The summed E-state index contributed by atoms with van der Waals surface area (Å²) in [4.78, 5) is 18.7. The number of carbonyl (C=O) groups is 1. The predicted molar refractivity (Wildman–Crippen MR) is 160 cm³/mol. The van der Waals surface area contributed by atoms with Gasteiger partial charge in [-0.05, 0) is 92.3 Å². The van der Waals surface area contributed by atoms with Gasteiger partial charge < -0.3 is 24.8 Å². The van der Waals surface area contributed by atoms with E-state index in [1.165, 1.54) is 7.11 Å². The zero-order valence-corrected chi connectivity index (χ0v) is 23.9. The van der Waals surface area contributed by atoms with Crippen molar-refractivity contribution in [3.05, 3.63) is 106 Å². The Kier molecular flexibility index (Phi) is 7.91. The van der Waals surface area contributed by atoms with Gasteiger partial charge in [-0.1, -0.05) is 29.3 Å².